The van der Waals surface area contributed by atoms with E-state index in [9.17, 15) is 14.4 Å². The molecule has 0 radical (unpaired) electrons. The monoisotopic (exact) mass is 364 g/mol. The zero-order chi connectivity index (χ0) is 19.1. The first-order valence-corrected chi connectivity index (χ1v) is 7.73. The number of imide groups is 1. The van der Waals surface area contributed by atoms with E-state index in [1.807, 2.05) is 0 Å². The van der Waals surface area contributed by atoms with Crippen LogP contribution in [-0.2, 0) is 14.3 Å². The number of amides is 3. The molecule has 0 spiro atoms. The summed E-state index contributed by atoms with van der Waals surface area (Å²) in [6.07, 6.45) is 2.62. The number of nitrogens with zero attached hydrogens (tertiary/aromatic N) is 1. The Morgan fingerprint density at radius 3 is 2.35 bits per heavy atom. The lowest BCUT2D eigenvalue weighted by molar-refractivity contribution is -0.146. The van der Waals surface area contributed by atoms with E-state index in [4.69, 9.17) is 18.9 Å². The molecule has 1 heterocycles. The van der Waals surface area contributed by atoms with Crippen LogP contribution in [0.25, 0.3) is 6.08 Å². The molecule has 26 heavy (non-hydrogen) atoms. The van der Waals surface area contributed by atoms with E-state index in [0.29, 0.717) is 29.4 Å². The molecule has 9 heteroatoms. The molecule has 0 unspecified atom stereocenters. The number of urea groups is 1. The molecule has 1 N–H and O–H groups in total. The fourth-order valence-electron chi connectivity index (χ4n) is 2.31. The van der Waals surface area contributed by atoms with Crippen molar-refractivity contribution in [2.45, 2.75) is 0 Å². The molecule has 1 saturated heterocycles. The van der Waals surface area contributed by atoms with Crippen LogP contribution in [-0.4, -0.2) is 63.8 Å². The Morgan fingerprint density at radius 2 is 1.77 bits per heavy atom. The minimum absolute atomic E-state index is 0.258. The predicted octanol–water partition coefficient (Wildman–Crippen LogP) is 0.821. The van der Waals surface area contributed by atoms with E-state index in [1.54, 1.807) is 12.1 Å². The second kappa shape index (κ2) is 8.75. The average Bonchev–Trinajstić information content (AvgIpc) is 3.09. The second-order valence-corrected chi connectivity index (χ2v) is 5.17. The van der Waals surface area contributed by atoms with Gasteiger partial charge >= 0.3 is 12.0 Å². The standard InChI is InChI=1S/C17H20N2O7/c1-23-12-9-14(25-3)13(24-2)8-11(12)4-5-16(21)26-10-15(20)19-7-6-18-17(19)22/h4-5,8-9H,6-7,10H2,1-3H3,(H,18,22)/b5-4+. The summed E-state index contributed by atoms with van der Waals surface area (Å²) in [5.41, 5.74) is 0.562. The Hall–Kier alpha value is -3.23. The molecule has 9 nitrogen and oxygen atoms in total. The number of benzene rings is 1. The maximum Gasteiger partial charge on any atom is 0.331 e. The number of esters is 1. The van der Waals surface area contributed by atoms with Crippen LogP contribution in [0.2, 0.25) is 0 Å². The first kappa shape index (κ1) is 19.1. The van der Waals surface area contributed by atoms with Gasteiger partial charge in [0, 0.05) is 30.8 Å². The Labute approximate surface area is 150 Å². The maximum absolute atomic E-state index is 11.8. The fourth-order valence-corrected chi connectivity index (χ4v) is 2.31. The van der Waals surface area contributed by atoms with Gasteiger partial charge < -0.3 is 24.3 Å². The smallest absolute Gasteiger partial charge is 0.331 e. The van der Waals surface area contributed by atoms with Crippen LogP contribution in [0, 0.1) is 0 Å². The molecule has 0 aliphatic carbocycles. The molecular formula is C17H20N2O7. The van der Waals surface area contributed by atoms with Crippen molar-refractivity contribution in [3.05, 3.63) is 23.8 Å². The zero-order valence-electron chi connectivity index (χ0n) is 14.7. The minimum atomic E-state index is -0.727. The number of carbonyl (C=O) groups excluding carboxylic acids is 3. The number of nitrogens with one attached hydrogen (secondary N) is 1. The van der Waals surface area contributed by atoms with Crippen molar-refractivity contribution >= 4 is 24.0 Å². The Kier molecular flexibility index (Phi) is 6.42. The number of hydrogen-bond acceptors (Lipinski definition) is 7. The highest BCUT2D eigenvalue weighted by Crippen LogP contribution is 2.35. The molecule has 1 aromatic rings. The topological polar surface area (TPSA) is 103 Å². The van der Waals surface area contributed by atoms with Gasteiger partial charge in [-0.2, -0.15) is 0 Å². The summed E-state index contributed by atoms with van der Waals surface area (Å²) < 4.78 is 20.5. The normalized spacial score (nSPS) is 13.5. The molecule has 0 bridgehead atoms. The van der Waals surface area contributed by atoms with Gasteiger partial charge in [-0.1, -0.05) is 0 Å². The molecule has 1 fully saturated rings. The lowest BCUT2D eigenvalue weighted by atomic mass is 10.1. The van der Waals surface area contributed by atoms with Gasteiger partial charge in [-0.25, -0.2) is 9.59 Å². The van der Waals surface area contributed by atoms with Crippen LogP contribution >= 0.6 is 0 Å². The summed E-state index contributed by atoms with van der Waals surface area (Å²) in [6, 6.07) is 2.78. The van der Waals surface area contributed by atoms with E-state index < -0.39 is 24.5 Å². The Bertz CT molecular complexity index is 730. The average molecular weight is 364 g/mol. The molecule has 1 aromatic carbocycles. The second-order valence-electron chi connectivity index (χ2n) is 5.17. The minimum Gasteiger partial charge on any atom is -0.496 e. The Balaban J connectivity index is 2.01. The third-order valence-corrected chi connectivity index (χ3v) is 3.63. The summed E-state index contributed by atoms with van der Waals surface area (Å²) >= 11 is 0. The fraction of sp³-hybridized carbons (Fsp3) is 0.353. The molecule has 0 aromatic heterocycles. The van der Waals surface area contributed by atoms with Crippen LogP contribution < -0.4 is 19.5 Å². The SMILES string of the molecule is COc1cc(OC)c(OC)cc1/C=C/C(=O)OCC(=O)N1CCNC1=O. The number of hydrogen-bond donors (Lipinski definition) is 1. The third-order valence-electron chi connectivity index (χ3n) is 3.63. The van der Waals surface area contributed by atoms with Gasteiger partial charge in [-0.3, -0.25) is 9.69 Å². The van der Waals surface area contributed by atoms with E-state index in [1.165, 1.54) is 27.4 Å². The number of carbonyl (C=O) groups is 3. The van der Waals surface area contributed by atoms with Crippen LogP contribution in [0.1, 0.15) is 5.56 Å². The predicted molar refractivity (Wildman–Crippen MR) is 91.2 cm³/mol. The van der Waals surface area contributed by atoms with Crippen molar-refractivity contribution in [3.63, 3.8) is 0 Å². The number of methoxy groups -OCH3 is 3. The molecule has 2 rings (SSSR count). The molecule has 0 saturated carbocycles. The van der Waals surface area contributed by atoms with E-state index in [0.717, 1.165) is 11.0 Å². The summed E-state index contributed by atoms with van der Waals surface area (Å²) in [7, 11) is 4.48. The molecule has 3 amide bonds. The van der Waals surface area contributed by atoms with Gasteiger partial charge in [0.25, 0.3) is 5.91 Å². The van der Waals surface area contributed by atoms with Crippen molar-refractivity contribution in [2.24, 2.45) is 0 Å². The zero-order valence-corrected chi connectivity index (χ0v) is 14.7. The molecule has 0 atom stereocenters. The highest BCUT2D eigenvalue weighted by Gasteiger charge is 2.26. The van der Waals surface area contributed by atoms with E-state index in [-0.39, 0.29) is 6.54 Å². The van der Waals surface area contributed by atoms with Gasteiger partial charge in [0.2, 0.25) is 0 Å². The highest BCUT2D eigenvalue weighted by molar-refractivity contribution is 5.97. The quantitative estimate of drug-likeness (QED) is 0.564. The largest absolute Gasteiger partial charge is 0.496 e. The number of rotatable bonds is 7. The molecule has 1 aliphatic rings. The third kappa shape index (κ3) is 4.44. The van der Waals surface area contributed by atoms with Gasteiger partial charge in [0.1, 0.15) is 5.75 Å². The summed E-state index contributed by atoms with van der Waals surface area (Å²) in [4.78, 5) is 36.0. The lowest BCUT2D eigenvalue weighted by Gasteiger charge is -2.12. The van der Waals surface area contributed by atoms with Gasteiger partial charge in [0.05, 0.1) is 21.3 Å². The number of ether oxygens (including phenoxy) is 4. The van der Waals surface area contributed by atoms with E-state index >= 15 is 0 Å². The maximum atomic E-state index is 11.8. The van der Waals surface area contributed by atoms with Crippen molar-refractivity contribution in [1.29, 1.82) is 0 Å². The van der Waals surface area contributed by atoms with Crippen molar-refractivity contribution in [1.82, 2.24) is 10.2 Å². The molecule has 1 aliphatic heterocycles. The summed E-state index contributed by atoms with van der Waals surface area (Å²) in [6.45, 7) is 0.130. The Morgan fingerprint density at radius 1 is 1.12 bits per heavy atom. The van der Waals surface area contributed by atoms with Gasteiger partial charge in [-0.15, -0.1) is 0 Å². The van der Waals surface area contributed by atoms with Crippen molar-refractivity contribution in [3.8, 4) is 17.2 Å². The van der Waals surface area contributed by atoms with Crippen LogP contribution in [0.5, 0.6) is 17.2 Å². The molecule has 140 valence electrons. The van der Waals surface area contributed by atoms with Crippen LogP contribution in [0.4, 0.5) is 4.79 Å². The first-order valence-electron chi connectivity index (χ1n) is 7.73. The van der Waals surface area contributed by atoms with Gasteiger partial charge in [-0.05, 0) is 12.1 Å². The highest BCUT2D eigenvalue weighted by atomic mass is 16.5. The van der Waals surface area contributed by atoms with Crippen LogP contribution in [0.15, 0.2) is 18.2 Å². The van der Waals surface area contributed by atoms with Gasteiger partial charge in [0.15, 0.2) is 18.1 Å². The summed E-state index contributed by atoms with van der Waals surface area (Å²) in [5.74, 6) is 0.117. The first-order chi connectivity index (χ1) is 12.5. The van der Waals surface area contributed by atoms with E-state index in [2.05, 4.69) is 5.32 Å². The van der Waals surface area contributed by atoms with Crippen molar-refractivity contribution < 1.29 is 33.3 Å². The lowest BCUT2D eigenvalue weighted by Crippen LogP contribution is -2.37. The van der Waals surface area contributed by atoms with Crippen molar-refractivity contribution in [2.75, 3.05) is 41.0 Å². The molecular weight excluding hydrogens is 344 g/mol. The van der Waals surface area contributed by atoms with Crippen LogP contribution in [0.3, 0.4) is 0 Å². The summed E-state index contributed by atoms with van der Waals surface area (Å²) in [5, 5.41) is 2.49.